The lowest BCUT2D eigenvalue weighted by atomic mass is 10.3. The van der Waals surface area contributed by atoms with E-state index in [1.54, 1.807) is 19.4 Å². The Labute approximate surface area is 99.7 Å². The Bertz CT molecular complexity index is 501. The molecule has 0 saturated carbocycles. The molecule has 2 rings (SSSR count). The van der Waals surface area contributed by atoms with Crippen molar-refractivity contribution in [1.82, 2.24) is 9.97 Å². The molecule has 1 aromatic heterocycles. The lowest BCUT2D eigenvalue weighted by Gasteiger charge is -2.10. The number of anilines is 2. The van der Waals surface area contributed by atoms with Crippen LogP contribution >= 0.6 is 0 Å². The van der Waals surface area contributed by atoms with Gasteiger partial charge >= 0.3 is 0 Å². The van der Waals surface area contributed by atoms with Gasteiger partial charge in [0.2, 0.25) is 0 Å². The Kier molecular flexibility index (Phi) is 3.52. The molecule has 0 saturated heterocycles. The van der Waals surface area contributed by atoms with E-state index in [9.17, 15) is 0 Å². The third-order valence-corrected chi connectivity index (χ3v) is 2.26. The average Bonchev–Trinajstić information content (AvgIpc) is 2.39. The molecule has 0 radical (unpaired) electrons. The number of ether oxygens (including phenoxy) is 1. The second-order valence-electron chi connectivity index (χ2n) is 3.39. The van der Waals surface area contributed by atoms with Crippen molar-refractivity contribution in [3.63, 3.8) is 0 Å². The van der Waals surface area contributed by atoms with Gasteiger partial charge in [0.25, 0.3) is 0 Å². The minimum Gasteiger partial charge on any atom is -0.495 e. The Morgan fingerprint density at radius 3 is 2.88 bits per heavy atom. The first-order chi connectivity index (χ1) is 8.33. The number of benzene rings is 1. The van der Waals surface area contributed by atoms with Crippen molar-refractivity contribution in [1.29, 1.82) is 0 Å². The average molecular weight is 230 g/mol. The molecule has 0 unspecified atom stereocenters. The van der Waals surface area contributed by atoms with Gasteiger partial charge in [0.05, 0.1) is 19.3 Å². The van der Waals surface area contributed by atoms with Gasteiger partial charge in [-0.15, -0.1) is 0 Å². The molecular formula is C12H14N4O. The quantitative estimate of drug-likeness (QED) is 0.836. The second-order valence-corrected chi connectivity index (χ2v) is 3.39. The van der Waals surface area contributed by atoms with Gasteiger partial charge in [0.1, 0.15) is 17.4 Å². The Morgan fingerprint density at radius 1 is 1.29 bits per heavy atom. The predicted molar refractivity (Wildman–Crippen MR) is 66.2 cm³/mol. The SMILES string of the molecule is COc1ccccc1Nc1ccnc(CN)n1. The van der Waals surface area contributed by atoms with Crippen molar-refractivity contribution >= 4 is 11.5 Å². The highest BCUT2D eigenvalue weighted by atomic mass is 16.5. The van der Waals surface area contributed by atoms with Crippen LogP contribution in [0.25, 0.3) is 0 Å². The molecule has 0 aliphatic rings. The van der Waals surface area contributed by atoms with Gasteiger partial charge in [-0.2, -0.15) is 0 Å². The molecule has 0 fully saturated rings. The summed E-state index contributed by atoms with van der Waals surface area (Å²) in [4.78, 5) is 8.29. The summed E-state index contributed by atoms with van der Waals surface area (Å²) in [5, 5.41) is 3.17. The van der Waals surface area contributed by atoms with E-state index < -0.39 is 0 Å². The van der Waals surface area contributed by atoms with E-state index in [1.165, 1.54) is 0 Å². The van der Waals surface area contributed by atoms with Crippen LogP contribution in [0.2, 0.25) is 0 Å². The van der Waals surface area contributed by atoms with Crippen molar-refractivity contribution in [2.24, 2.45) is 5.73 Å². The molecule has 0 spiro atoms. The van der Waals surface area contributed by atoms with E-state index in [0.29, 0.717) is 18.2 Å². The second kappa shape index (κ2) is 5.27. The molecule has 0 aliphatic heterocycles. The topological polar surface area (TPSA) is 73.1 Å². The minimum absolute atomic E-state index is 0.321. The number of hydrogen-bond acceptors (Lipinski definition) is 5. The number of nitrogens with one attached hydrogen (secondary N) is 1. The molecule has 0 amide bonds. The molecule has 1 aromatic carbocycles. The van der Waals surface area contributed by atoms with E-state index in [-0.39, 0.29) is 0 Å². The number of nitrogens with two attached hydrogens (primary N) is 1. The molecule has 5 nitrogen and oxygen atoms in total. The summed E-state index contributed by atoms with van der Waals surface area (Å²) in [5.74, 6) is 2.07. The van der Waals surface area contributed by atoms with Gasteiger partial charge in [0.15, 0.2) is 0 Å². The lowest BCUT2D eigenvalue weighted by molar-refractivity contribution is 0.417. The maximum atomic E-state index is 5.49. The molecular weight excluding hydrogens is 216 g/mol. The lowest BCUT2D eigenvalue weighted by Crippen LogP contribution is -2.05. The van der Waals surface area contributed by atoms with Crippen molar-refractivity contribution in [2.45, 2.75) is 6.54 Å². The zero-order valence-corrected chi connectivity index (χ0v) is 9.55. The van der Waals surface area contributed by atoms with Crippen molar-refractivity contribution in [3.05, 3.63) is 42.4 Å². The fraction of sp³-hybridized carbons (Fsp3) is 0.167. The van der Waals surface area contributed by atoms with Crippen molar-refractivity contribution < 1.29 is 4.74 Å². The van der Waals surface area contributed by atoms with Crippen LogP contribution in [0.15, 0.2) is 36.5 Å². The van der Waals surface area contributed by atoms with Gasteiger partial charge < -0.3 is 15.8 Å². The predicted octanol–water partition coefficient (Wildman–Crippen LogP) is 1.69. The Hall–Kier alpha value is -2.14. The summed E-state index contributed by atoms with van der Waals surface area (Å²) < 4.78 is 5.24. The van der Waals surface area contributed by atoms with Crippen molar-refractivity contribution in [3.8, 4) is 5.75 Å². The first kappa shape index (κ1) is 11.3. The summed E-state index contributed by atoms with van der Waals surface area (Å²) in [7, 11) is 1.63. The largest absolute Gasteiger partial charge is 0.495 e. The maximum Gasteiger partial charge on any atom is 0.144 e. The Morgan fingerprint density at radius 2 is 2.12 bits per heavy atom. The standard InChI is InChI=1S/C12H14N4O/c1-17-10-5-3-2-4-9(10)15-11-6-7-14-12(8-13)16-11/h2-7H,8,13H2,1H3,(H,14,15,16). The first-order valence-electron chi connectivity index (χ1n) is 5.25. The number of para-hydroxylation sites is 2. The van der Waals surface area contributed by atoms with E-state index in [4.69, 9.17) is 10.5 Å². The smallest absolute Gasteiger partial charge is 0.144 e. The zero-order chi connectivity index (χ0) is 12.1. The van der Waals surface area contributed by atoms with E-state index in [2.05, 4.69) is 15.3 Å². The summed E-state index contributed by atoms with van der Waals surface area (Å²) in [6, 6.07) is 9.42. The highest BCUT2D eigenvalue weighted by Gasteiger charge is 2.03. The van der Waals surface area contributed by atoms with Gasteiger partial charge in [-0.1, -0.05) is 12.1 Å². The third-order valence-electron chi connectivity index (χ3n) is 2.26. The van der Waals surface area contributed by atoms with Crippen LogP contribution in [-0.2, 0) is 6.54 Å². The normalized spacial score (nSPS) is 10.0. The highest BCUT2D eigenvalue weighted by molar-refractivity contribution is 5.63. The van der Waals surface area contributed by atoms with Crippen LogP contribution in [0, 0.1) is 0 Å². The fourth-order valence-electron chi connectivity index (χ4n) is 1.45. The molecule has 88 valence electrons. The van der Waals surface area contributed by atoms with Gasteiger partial charge in [-0.05, 0) is 18.2 Å². The molecule has 0 bridgehead atoms. The monoisotopic (exact) mass is 230 g/mol. The fourth-order valence-corrected chi connectivity index (χ4v) is 1.45. The van der Waals surface area contributed by atoms with E-state index in [0.717, 1.165) is 11.4 Å². The van der Waals surface area contributed by atoms with Gasteiger partial charge in [-0.25, -0.2) is 9.97 Å². The number of methoxy groups -OCH3 is 1. The van der Waals surface area contributed by atoms with Crippen LogP contribution in [0.5, 0.6) is 5.75 Å². The van der Waals surface area contributed by atoms with Crippen LogP contribution in [-0.4, -0.2) is 17.1 Å². The molecule has 17 heavy (non-hydrogen) atoms. The van der Waals surface area contributed by atoms with Crippen LogP contribution in [0.4, 0.5) is 11.5 Å². The minimum atomic E-state index is 0.321. The Balaban J connectivity index is 2.24. The van der Waals surface area contributed by atoms with E-state index in [1.807, 2.05) is 24.3 Å². The molecule has 1 heterocycles. The van der Waals surface area contributed by atoms with Crippen LogP contribution in [0.3, 0.4) is 0 Å². The molecule has 3 N–H and O–H groups in total. The van der Waals surface area contributed by atoms with Gasteiger partial charge in [0, 0.05) is 6.20 Å². The first-order valence-corrected chi connectivity index (χ1v) is 5.25. The van der Waals surface area contributed by atoms with Crippen LogP contribution < -0.4 is 15.8 Å². The maximum absolute atomic E-state index is 5.49. The number of rotatable bonds is 4. The summed E-state index contributed by atoms with van der Waals surface area (Å²) in [6.07, 6.45) is 1.67. The summed E-state index contributed by atoms with van der Waals surface area (Å²) in [5.41, 5.74) is 6.35. The molecule has 0 atom stereocenters. The van der Waals surface area contributed by atoms with Crippen LogP contribution in [0.1, 0.15) is 5.82 Å². The zero-order valence-electron chi connectivity index (χ0n) is 9.55. The van der Waals surface area contributed by atoms with Gasteiger partial charge in [-0.3, -0.25) is 0 Å². The third kappa shape index (κ3) is 2.70. The molecule has 2 aromatic rings. The molecule has 5 heteroatoms. The van der Waals surface area contributed by atoms with E-state index >= 15 is 0 Å². The number of nitrogens with zero attached hydrogens (tertiary/aromatic N) is 2. The summed E-state index contributed by atoms with van der Waals surface area (Å²) >= 11 is 0. The highest BCUT2D eigenvalue weighted by Crippen LogP contribution is 2.25. The number of aromatic nitrogens is 2. The molecule has 0 aliphatic carbocycles. The van der Waals surface area contributed by atoms with Crippen molar-refractivity contribution in [2.75, 3.05) is 12.4 Å². The summed E-state index contributed by atoms with van der Waals surface area (Å²) in [6.45, 7) is 0.321. The number of hydrogen-bond donors (Lipinski definition) is 2.